The molecule has 7 nitrogen and oxygen atoms in total. The van der Waals surface area contributed by atoms with Crippen molar-refractivity contribution in [3.8, 4) is 17.2 Å². The van der Waals surface area contributed by atoms with Crippen molar-refractivity contribution < 1.29 is 29.3 Å². The second-order valence-electron chi connectivity index (χ2n) is 15.1. The molecule has 1 heterocycles. The van der Waals surface area contributed by atoms with E-state index >= 15 is 0 Å². The molecule has 2 aliphatic carbocycles. The number of hydrogen-bond acceptors (Lipinski definition) is 8. The van der Waals surface area contributed by atoms with E-state index in [0.717, 1.165) is 77.5 Å². The van der Waals surface area contributed by atoms with Crippen molar-refractivity contribution in [3.63, 3.8) is 0 Å². The molecule has 55 heavy (non-hydrogen) atoms. The number of rotatable bonds is 17. The highest BCUT2D eigenvalue weighted by Crippen LogP contribution is 2.63. The van der Waals surface area contributed by atoms with E-state index in [9.17, 15) is 10.2 Å². The number of nitrogens with zero attached hydrogens (tertiary/aromatic N) is 1. The van der Waals surface area contributed by atoms with Gasteiger partial charge in [0.15, 0.2) is 0 Å². The van der Waals surface area contributed by atoms with Gasteiger partial charge in [0.2, 0.25) is 5.79 Å². The van der Waals surface area contributed by atoms with Crippen LogP contribution in [0.4, 0.5) is 0 Å². The Bertz CT molecular complexity index is 2030. The van der Waals surface area contributed by atoms with Gasteiger partial charge >= 0.3 is 0 Å². The first-order valence-corrected chi connectivity index (χ1v) is 20.9. The molecular formula is C47H55NO6S. The van der Waals surface area contributed by atoms with Gasteiger partial charge in [-0.1, -0.05) is 66.5 Å². The number of benzene rings is 4. The lowest BCUT2D eigenvalue weighted by Gasteiger charge is -2.58. The highest BCUT2D eigenvalue weighted by Gasteiger charge is 2.64. The molecule has 1 aliphatic heterocycles. The van der Waals surface area contributed by atoms with E-state index < -0.39 is 5.79 Å². The molecular weight excluding hydrogens is 707 g/mol. The summed E-state index contributed by atoms with van der Waals surface area (Å²) in [5, 5.41) is 26.8. The standard InChI is InChI=1S/C47H55NO6S/c1-5-25-51-47-44(55-38-21-18-33-13-7-8-14-34(33)27-38)30-42(48-52-6-2)40-28-35(15-9-11-23-49)39(16-10-12-24-50)45(46(40)47)41-29-37(20-22-43(41)54-47)53-36-19-17-31(3)32(4)26-36/h5,7-8,13-14,17-22,26-29,35,39,44-46,49-50H,1,6,9-12,15-16,23-25,30H2,2-4H3. The van der Waals surface area contributed by atoms with Crippen LogP contribution in [0.25, 0.3) is 10.8 Å². The molecule has 8 heteroatoms. The fraction of sp³-hybridized carbons (Fsp3) is 0.426. The summed E-state index contributed by atoms with van der Waals surface area (Å²) in [5.74, 6) is 1.50. The average molecular weight is 762 g/mol. The molecule has 0 aromatic heterocycles. The van der Waals surface area contributed by atoms with Crippen LogP contribution < -0.4 is 9.47 Å². The van der Waals surface area contributed by atoms with Crippen LogP contribution in [0.1, 0.15) is 74.5 Å². The van der Waals surface area contributed by atoms with Gasteiger partial charge in [0.25, 0.3) is 0 Å². The molecule has 3 aliphatic rings. The van der Waals surface area contributed by atoms with Crippen LogP contribution in [0.2, 0.25) is 0 Å². The molecule has 6 unspecified atom stereocenters. The fourth-order valence-corrected chi connectivity index (χ4v) is 10.3. The van der Waals surface area contributed by atoms with E-state index in [1.165, 1.54) is 21.9 Å². The van der Waals surface area contributed by atoms with Crippen molar-refractivity contribution in [2.45, 2.75) is 87.6 Å². The van der Waals surface area contributed by atoms with Crippen molar-refractivity contribution in [2.24, 2.45) is 22.9 Å². The summed E-state index contributed by atoms with van der Waals surface area (Å²) >= 11 is 1.78. The maximum absolute atomic E-state index is 9.93. The van der Waals surface area contributed by atoms with E-state index in [2.05, 4.69) is 93.2 Å². The van der Waals surface area contributed by atoms with Gasteiger partial charge in [-0.05, 0) is 128 Å². The van der Waals surface area contributed by atoms with Crippen LogP contribution in [0.15, 0.2) is 113 Å². The van der Waals surface area contributed by atoms with Gasteiger partial charge in [0, 0.05) is 36.0 Å². The fourth-order valence-electron chi connectivity index (χ4n) is 8.95. The van der Waals surface area contributed by atoms with Crippen LogP contribution in [0.5, 0.6) is 17.2 Å². The summed E-state index contributed by atoms with van der Waals surface area (Å²) in [6.07, 6.45) is 10.00. The van der Waals surface area contributed by atoms with E-state index in [1.807, 2.05) is 25.1 Å². The Labute approximate surface area is 330 Å². The lowest BCUT2D eigenvalue weighted by atomic mass is 9.56. The van der Waals surface area contributed by atoms with Gasteiger partial charge in [-0.2, -0.15) is 0 Å². The number of oxime groups is 1. The monoisotopic (exact) mass is 761 g/mol. The minimum atomic E-state index is -1.05. The first-order valence-electron chi connectivity index (χ1n) is 20.0. The number of aryl methyl sites for hydroxylation is 2. The zero-order valence-corrected chi connectivity index (χ0v) is 33.2. The Morgan fingerprint density at radius 2 is 1.65 bits per heavy atom. The molecule has 2 N–H and O–H groups in total. The molecule has 1 saturated carbocycles. The van der Waals surface area contributed by atoms with Crippen molar-refractivity contribution in [3.05, 3.63) is 120 Å². The van der Waals surface area contributed by atoms with Crippen molar-refractivity contribution in [1.82, 2.24) is 0 Å². The second-order valence-corrected chi connectivity index (χ2v) is 16.4. The van der Waals surface area contributed by atoms with Gasteiger partial charge < -0.3 is 29.3 Å². The van der Waals surface area contributed by atoms with Gasteiger partial charge in [0.05, 0.1) is 23.5 Å². The summed E-state index contributed by atoms with van der Waals surface area (Å²) in [6.45, 7) is 11.4. The number of hydrogen-bond donors (Lipinski definition) is 2. The summed E-state index contributed by atoms with van der Waals surface area (Å²) in [4.78, 5) is 7.02. The van der Waals surface area contributed by atoms with Crippen LogP contribution in [-0.4, -0.2) is 53.4 Å². The van der Waals surface area contributed by atoms with Crippen LogP contribution in [-0.2, 0) is 9.57 Å². The second kappa shape index (κ2) is 17.8. The SMILES string of the molecule is C=CCOC12Oc3ccc(Oc4ccc(C)c(C)c4)cc3C3C(CCCCO)C(CCCCO)C=C(C(=NOCC)CC1Sc1ccc4ccccc4c1)C32. The normalized spacial score (nSPS) is 24.8. The maximum atomic E-state index is 9.93. The molecule has 0 bridgehead atoms. The summed E-state index contributed by atoms with van der Waals surface area (Å²) in [5.41, 5.74) is 5.56. The first kappa shape index (κ1) is 39.2. The molecule has 290 valence electrons. The number of ether oxygens (including phenoxy) is 3. The predicted octanol–water partition coefficient (Wildman–Crippen LogP) is 10.7. The topological polar surface area (TPSA) is 89.7 Å². The van der Waals surface area contributed by atoms with E-state index in [0.29, 0.717) is 19.6 Å². The third kappa shape index (κ3) is 8.24. The van der Waals surface area contributed by atoms with E-state index in [1.54, 1.807) is 11.8 Å². The number of thioether (sulfide) groups is 1. The number of allylic oxidation sites excluding steroid dienone is 1. The highest BCUT2D eigenvalue weighted by atomic mass is 32.2. The molecule has 6 atom stereocenters. The number of aliphatic hydroxyl groups excluding tert-OH is 2. The third-order valence-corrected chi connectivity index (χ3v) is 12.9. The minimum absolute atomic E-state index is 0.0125. The van der Waals surface area contributed by atoms with Gasteiger partial charge in [-0.3, -0.25) is 0 Å². The van der Waals surface area contributed by atoms with E-state index in [-0.39, 0.29) is 42.1 Å². The van der Waals surface area contributed by atoms with Gasteiger partial charge in [-0.25, -0.2) is 0 Å². The Morgan fingerprint density at radius 3 is 2.42 bits per heavy atom. The molecule has 0 radical (unpaired) electrons. The Kier molecular flexibility index (Phi) is 12.7. The summed E-state index contributed by atoms with van der Waals surface area (Å²) in [6, 6.07) is 27.5. The first-order chi connectivity index (χ1) is 26.9. The number of unbranched alkanes of at least 4 members (excludes halogenated alkanes) is 2. The Morgan fingerprint density at radius 1 is 0.891 bits per heavy atom. The van der Waals surface area contributed by atoms with Crippen molar-refractivity contribution in [1.29, 1.82) is 0 Å². The zero-order chi connectivity index (χ0) is 38.4. The van der Waals surface area contributed by atoms with Crippen LogP contribution in [0, 0.1) is 31.6 Å². The minimum Gasteiger partial charge on any atom is -0.460 e. The lowest BCUT2D eigenvalue weighted by Crippen LogP contribution is -2.64. The van der Waals surface area contributed by atoms with Crippen LogP contribution >= 0.6 is 11.8 Å². The van der Waals surface area contributed by atoms with Gasteiger partial charge in [-0.15, -0.1) is 18.3 Å². The highest BCUT2D eigenvalue weighted by molar-refractivity contribution is 8.00. The maximum Gasteiger partial charge on any atom is 0.231 e. The zero-order valence-electron chi connectivity index (χ0n) is 32.4. The molecule has 0 amide bonds. The molecule has 4 aromatic carbocycles. The molecule has 0 spiro atoms. The summed E-state index contributed by atoms with van der Waals surface area (Å²) < 4.78 is 21.0. The van der Waals surface area contributed by atoms with Crippen molar-refractivity contribution in [2.75, 3.05) is 26.4 Å². The lowest BCUT2D eigenvalue weighted by molar-refractivity contribution is -0.223. The Hall–Kier alpha value is -4.08. The predicted molar refractivity (Wildman–Crippen MR) is 222 cm³/mol. The van der Waals surface area contributed by atoms with Gasteiger partial charge in [0.1, 0.15) is 23.9 Å². The molecule has 1 fully saturated rings. The molecule has 0 saturated heterocycles. The summed E-state index contributed by atoms with van der Waals surface area (Å²) in [7, 11) is 0. The number of fused-ring (bicyclic) bond motifs is 3. The molecule has 7 rings (SSSR count). The smallest absolute Gasteiger partial charge is 0.231 e. The third-order valence-electron chi connectivity index (χ3n) is 11.6. The van der Waals surface area contributed by atoms with Crippen LogP contribution in [0.3, 0.4) is 0 Å². The largest absolute Gasteiger partial charge is 0.460 e. The molecule has 4 aromatic rings. The Balaban J connectivity index is 1.41. The average Bonchev–Trinajstić information content (AvgIpc) is 3.19. The van der Waals surface area contributed by atoms with E-state index in [4.69, 9.17) is 24.2 Å². The van der Waals surface area contributed by atoms with Crippen molar-refractivity contribution >= 4 is 28.2 Å². The number of aliphatic hydroxyl groups is 2. The quantitative estimate of drug-likeness (QED) is 0.0629.